The van der Waals surface area contributed by atoms with E-state index in [1.807, 2.05) is 26.1 Å². The summed E-state index contributed by atoms with van der Waals surface area (Å²) >= 11 is 1.57. The molecule has 106 valence electrons. The molecule has 0 radical (unpaired) electrons. The lowest BCUT2D eigenvalue weighted by molar-refractivity contribution is 0.101. The summed E-state index contributed by atoms with van der Waals surface area (Å²) in [6.45, 7) is 4.11. The highest BCUT2D eigenvalue weighted by atomic mass is 32.2. The lowest BCUT2D eigenvalue weighted by Crippen LogP contribution is -2.00. The number of hydrogen-bond donors (Lipinski definition) is 0. The molecule has 2 aromatic rings. The van der Waals surface area contributed by atoms with E-state index in [-0.39, 0.29) is 5.78 Å². The number of nitrogens with zero attached hydrogens (tertiary/aromatic N) is 3. The van der Waals surface area contributed by atoms with Gasteiger partial charge in [0.15, 0.2) is 10.9 Å². The lowest BCUT2D eigenvalue weighted by Gasteiger charge is -2.11. The van der Waals surface area contributed by atoms with Gasteiger partial charge in [0.05, 0.1) is 6.61 Å². The van der Waals surface area contributed by atoms with Gasteiger partial charge >= 0.3 is 0 Å². The van der Waals surface area contributed by atoms with Crippen molar-refractivity contribution in [3.8, 4) is 5.75 Å². The van der Waals surface area contributed by atoms with Crippen LogP contribution < -0.4 is 4.74 Å². The minimum absolute atomic E-state index is 0.0537. The molecule has 0 atom stereocenters. The van der Waals surface area contributed by atoms with Crippen molar-refractivity contribution < 1.29 is 9.53 Å². The van der Waals surface area contributed by atoms with Crippen LogP contribution >= 0.6 is 11.8 Å². The molecular weight excluding hydrogens is 274 g/mol. The molecule has 2 rings (SSSR count). The summed E-state index contributed by atoms with van der Waals surface area (Å²) in [6, 6.07) is 5.54. The number of carbonyl (C=O) groups is 1. The first-order valence-corrected chi connectivity index (χ1v) is 7.33. The normalized spacial score (nSPS) is 10.6. The maximum atomic E-state index is 11.5. The highest BCUT2D eigenvalue weighted by Crippen LogP contribution is 2.28. The van der Waals surface area contributed by atoms with E-state index in [1.54, 1.807) is 29.4 Å². The predicted octanol–water partition coefficient (Wildman–Crippen LogP) is 2.71. The zero-order valence-electron chi connectivity index (χ0n) is 11.8. The molecule has 1 aromatic heterocycles. The van der Waals surface area contributed by atoms with Crippen molar-refractivity contribution in [1.82, 2.24) is 14.8 Å². The van der Waals surface area contributed by atoms with Gasteiger partial charge in [0, 0.05) is 23.9 Å². The fraction of sp³-hybridized carbons (Fsp3) is 0.357. The second kappa shape index (κ2) is 6.56. The van der Waals surface area contributed by atoms with Crippen LogP contribution in [-0.4, -0.2) is 27.2 Å². The van der Waals surface area contributed by atoms with Gasteiger partial charge in [0.25, 0.3) is 0 Å². The van der Waals surface area contributed by atoms with Crippen LogP contribution in [0.4, 0.5) is 0 Å². The smallest absolute Gasteiger partial charge is 0.186 e. The number of aryl methyl sites for hydroxylation is 1. The molecule has 0 unspecified atom stereocenters. The fourth-order valence-electron chi connectivity index (χ4n) is 1.77. The number of aromatic nitrogens is 3. The third-order valence-corrected chi connectivity index (χ3v) is 3.88. The summed E-state index contributed by atoms with van der Waals surface area (Å²) in [5, 5.41) is 4.87. The molecule has 20 heavy (non-hydrogen) atoms. The highest BCUT2D eigenvalue weighted by Gasteiger charge is 2.10. The summed E-state index contributed by atoms with van der Waals surface area (Å²) in [5.41, 5.74) is 1.69. The van der Waals surface area contributed by atoms with E-state index < -0.39 is 0 Å². The Hall–Kier alpha value is -1.82. The van der Waals surface area contributed by atoms with Gasteiger partial charge in [0.1, 0.15) is 12.1 Å². The number of ketones is 1. The maximum absolute atomic E-state index is 11.5. The Labute approximate surface area is 122 Å². The van der Waals surface area contributed by atoms with Gasteiger partial charge in [-0.25, -0.2) is 9.67 Å². The maximum Gasteiger partial charge on any atom is 0.186 e. The SMILES string of the molecule is CCOc1ccc(C(C)=O)cc1CSc1ncnn1C. The van der Waals surface area contributed by atoms with Gasteiger partial charge in [-0.3, -0.25) is 4.79 Å². The lowest BCUT2D eigenvalue weighted by atomic mass is 10.1. The average Bonchev–Trinajstić information content (AvgIpc) is 2.83. The first kappa shape index (κ1) is 14.6. The molecule has 0 fully saturated rings. The van der Waals surface area contributed by atoms with Crippen LogP contribution in [0.2, 0.25) is 0 Å². The van der Waals surface area contributed by atoms with E-state index in [4.69, 9.17) is 4.74 Å². The summed E-state index contributed by atoms with van der Waals surface area (Å²) in [6.07, 6.45) is 1.53. The van der Waals surface area contributed by atoms with Gasteiger partial charge in [-0.05, 0) is 32.0 Å². The molecule has 5 nitrogen and oxygen atoms in total. The zero-order valence-corrected chi connectivity index (χ0v) is 12.6. The first-order valence-electron chi connectivity index (χ1n) is 6.35. The molecule has 0 aliphatic carbocycles. The molecule has 0 bridgehead atoms. The minimum atomic E-state index is 0.0537. The average molecular weight is 291 g/mol. The number of Topliss-reactive ketones (excluding diaryl/α,β-unsaturated/α-hetero) is 1. The van der Waals surface area contributed by atoms with Gasteiger partial charge < -0.3 is 4.74 Å². The molecule has 0 N–H and O–H groups in total. The molecule has 0 spiro atoms. The van der Waals surface area contributed by atoms with Crippen LogP contribution in [0.25, 0.3) is 0 Å². The fourth-order valence-corrected chi connectivity index (χ4v) is 2.63. The molecular formula is C14H17N3O2S. The van der Waals surface area contributed by atoms with Gasteiger partial charge in [0.2, 0.25) is 0 Å². The molecule has 1 aromatic carbocycles. The number of hydrogen-bond acceptors (Lipinski definition) is 5. The molecule has 6 heteroatoms. The molecule has 0 aliphatic heterocycles. The van der Waals surface area contributed by atoms with E-state index in [9.17, 15) is 4.79 Å². The summed E-state index contributed by atoms with van der Waals surface area (Å²) in [4.78, 5) is 15.7. The highest BCUT2D eigenvalue weighted by molar-refractivity contribution is 7.98. The van der Waals surface area contributed by atoms with Crippen LogP contribution in [0.5, 0.6) is 5.75 Å². The van der Waals surface area contributed by atoms with Crippen molar-refractivity contribution in [2.45, 2.75) is 24.8 Å². The Bertz CT molecular complexity index is 610. The Morgan fingerprint density at radius 3 is 2.85 bits per heavy atom. The van der Waals surface area contributed by atoms with E-state index in [2.05, 4.69) is 10.1 Å². The summed E-state index contributed by atoms with van der Waals surface area (Å²) in [5.74, 6) is 1.55. The number of thioether (sulfide) groups is 1. The molecule has 0 saturated carbocycles. The minimum Gasteiger partial charge on any atom is -0.494 e. The van der Waals surface area contributed by atoms with Crippen LogP contribution in [0.15, 0.2) is 29.7 Å². The Kier molecular flexibility index (Phi) is 4.79. The quantitative estimate of drug-likeness (QED) is 0.605. The molecule has 1 heterocycles. The third kappa shape index (κ3) is 3.39. The predicted molar refractivity (Wildman–Crippen MR) is 78.2 cm³/mol. The van der Waals surface area contributed by atoms with Crippen LogP contribution in [0.3, 0.4) is 0 Å². The van der Waals surface area contributed by atoms with Crippen molar-refractivity contribution in [1.29, 1.82) is 0 Å². The second-order valence-corrected chi connectivity index (χ2v) is 5.21. The number of rotatable bonds is 6. The summed E-state index contributed by atoms with van der Waals surface area (Å²) < 4.78 is 7.33. The second-order valence-electron chi connectivity index (χ2n) is 4.27. The largest absolute Gasteiger partial charge is 0.494 e. The molecule has 0 aliphatic rings. The standard InChI is InChI=1S/C14H17N3O2S/c1-4-19-13-6-5-11(10(2)18)7-12(13)8-20-14-15-9-16-17(14)3/h5-7,9H,4,8H2,1-3H3. The van der Waals surface area contributed by atoms with Crippen molar-refractivity contribution in [3.05, 3.63) is 35.7 Å². The van der Waals surface area contributed by atoms with E-state index in [0.29, 0.717) is 17.9 Å². The topological polar surface area (TPSA) is 57.0 Å². The Morgan fingerprint density at radius 2 is 2.25 bits per heavy atom. The van der Waals surface area contributed by atoms with Crippen molar-refractivity contribution in [2.75, 3.05) is 6.61 Å². The van der Waals surface area contributed by atoms with E-state index >= 15 is 0 Å². The molecule has 0 amide bonds. The number of carbonyl (C=O) groups excluding carboxylic acids is 1. The zero-order chi connectivity index (χ0) is 14.5. The van der Waals surface area contributed by atoms with Gasteiger partial charge in [-0.1, -0.05) is 11.8 Å². The van der Waals surface area contributed by atoms with Crippen molar-refractivity contribution in [3.63, 3.8) is 0 Å². The first-order chi connectivity index (χ1) is 9.61. The van der Waals surface area contributed by atoms with E-state index in [0.717, 1.165) is 16.5 Å². The van der Waals surface area contributed by atoms with Gasteiger partial charge in [-0.15, -0.1) is 0 Å². The van der Waals surface area contributed by atoms with Crippen LogP contribution in [0, 0.1) is 0 Å². The summed E-state index contributed by atoms with van der Waals surface area (Å²) in [7, 11) is 1.85. The number of ether oxygens (including phenoxy) is 1. The van der Waals surface area contributed by atoms with Crippen molar-refractivity contribution in [2.24, 2.45) is 7.05 Å². The van der Waals surface area contributed by atoms with Crippen molar-refractivity contribution >= 4 is 17.5 Å². The monoisotopic (exact) mass is 291 g/mol. The van der Waals surface area contributed by atoms with Crippen LogP contribution in [0.1, 0.15) is 29.8 Å². The Morgan fingerprint density at radius 1 is 1.45 bits per heavy atom. The Balaban J connectivity index is 2.21. The van der Waals surface area contributed by atoms with Gasteiger partial charge in [-0.2, -0.15) is 5.10 Å². The number of benzene rings is 1. The third-order valence-electron chi connectivity index (χ3n) is 2.79. The van der Waals surface area contributed by atoms with Crippen LogP contribution in [-0.2, 0) is 12.8 Å². The molecule has 0 saturated heterocycles. The van der Waals surface area contributed by atoms with E-state index in [1.165, 1.54) is 6.33 Å².